The minimum atomic E-state index is 0.203. The Morgan fingerprint density at radius 3 is 3.05 bits per heavy atom. The molecular formula is C17H23NO. The number of benzene rings is 1. The second-order valence-corrected chi connectivity index (χ2v) is 6.35. The average Bonchev–Trinajstić information content (AvgIpc) is 2.38. The summed E-state index contributed by atoms with van der Waals surface area (Å²) in [6.45, 7) is 10.7. The van der Waals surface area contributed by atoms with E-state index in [-0.39, 0.29) is 5.41 Å². The largest absolute Gasteiger partial charge is 0.508 e. The van der Waals surface area contributed by atoms with Crippen LogP contribution in [0.5, 0.6) is 5.75 Å². The fourth-order valence-electron chi connectivity index (χ4n) is 4.09. The van der Waals surface area contributed by atoms with Crippen molar-refractivity contribution in [2.24, 2.45) is 5.92 Å². The van der Waals surface area contributed by atoms with Crippen molar-refractivity contribution in [2.45, 2.75) is 38.1 Å². The summed E-state index contributed by atoms with van der Waals surface area (Å²) >= 11 is 0. The average molecular weight is 257 g/mol. The Morgan fingerprint density at radius 2 is 2.32 bits per heavy atom. The van der Waals surface area contributed by atoms with E-state index in [9.17, 15) is 5.11 Å². The summed E-state index contributed by atoms with van der Waals surface area (Å²) in [5, 5.41) is 9.80. The number of hydrogen-bond donors (Lipinski definition) is 1. The van der Waals surface area contributed by atoms with E-state index in [2.05, 4.69) is 31.4 Å². The van der Waals surface area contributed by atoms with E-state index in [1.165, 1.54) is 11.1 Å². The number of nitrogens with zero attached hydrogens (tertiary/aromatic N) is 1. The van der Waals surface area contributed by atoms with Crippen LogP contribution in [0.3, 0.4) is 0 Å². The second-order valence-electron chi connectivity index (χ2n) is 6.35. The molecule has 2 nitrogen and oxygen atoms in total. The number of phenolic OH excluding ortho intramolecular Hbond substituents is 1. The molecule has 0 saturated carbocycles. The Hall–Kier alpha value is -1.28. The Labute approximate surface area is 115 Å². The molecule has 2 aliphatic rings. The van der Waals surface area contributed by atoms with Gasteiger partial charge in [0.2, 0.25) is 0 Å². The zero-order valence-electron chi connectivity index (χ0n) is 11.9. The van der Waals surface area contributed by atoms with Gasteiger partial charge in [-0.1, -0.05) is 26.0 Å². The maximum Gasteiger partial charge on any atom is 0.115 e. The van der Waals surface area contributed by atoms with Crippen molar-refractivity contribution < 1.29 is 5.11 Å². The lowest BCUT2D eigenvalue weighted by molar-refractivity contribution is 0.0398. The van der Waals surface area contributed by atoms with E-state index in [4.69, 9.17) is 0 Å². The van der Waals surface area contributed by atoms with E-state index in [0.717, 1.165) is 25.9 Å². The lowest BCUT2D eigenvalue weighted by Crippen LogP contribution is -2.57. The predicted molar refractivity (Wildman–Crippen MR) is 78.5 cm³/mol. The molecule has 19 heavy (non-hydrogen) atoms. The standard InChI is InChI=1S/C17H23NO/c1-4-8-18-9-7-17(3)12(2)16(18)10-13-5-6-14(19)11-15(13)17/h4-6,11-12,16,19H,1,7-10H2,2-3H3/t12-,16?,17+/m0/s1. The van der Waals surface area contributed by atoms with Gasteiger partial charge in [0.15, 0.2) is 0 Å². The first-order valence-corrected chi connectivity index (χ1v) is 7.23. The normalized spacial score (nSPS) is 33.8. The highest BCUT2D eigenvalue weighted by atomic mass is 16.3. The van der Waals surface area contributed by atoms with E-state index < -0.39 is 0 Å². The maximum atomic E-state index is 9.80. The molecule has 0 amide bonds. The first-order valence-electron chi connectivity index (χ1n) is 7.23. The van der Waals surface area contributed by atoms with Gasteiger partial charge in [-0.2, -0.15) is 0 Å². The third-order valence-corrected chi connectivity index (χ3v) is 5.47. The van der Waals surface area contributed by atoms with E-state index in [0.29, 0.717) is 17.7 Å². The molecule has 1 fully saturated rings. The highest BCUT2D eigenvalue weighted by molar-refractivity contribution is 5.44. The molecule has 1 aliphatic carbocycles. The van der Waals surface area contributed by atoms with Crippen LogP contribution in [0.2, 0.25) is 0 Å². The summed E-state index contributed by atoms with van der Waals surface area (Å²) in [5.41, 5.74) is 2.99. The van der Waals surface area contributed by atoms with Crippen molar-refractivity contribution in [1.82, 2.24) is 4.90 Å². The molecular weight excluding hydrogens is 234 g/mol. The van der Waals surface area contributed by atoms with Gasteiger partial charge in [-0.3, -0.25) is 4.90 Å². The molecule has 3 rings (SSSR count). The van der Waals surface area contributed by atoms with Crippen LogP contribution in [0.25, 0.3) is 0 Å². The van der Waals surface area contributed by atoms with Gasteiger partial charge in [0.1, 0.15) is 5.75 Å². The quantitative estimate of drug-likeness (QED) is 0.823. The summed E-state index contributed by atoms with van der Waals surface area (Å²) < 4.78 is 0. The van der Waals surface area contributed by atoms with Crippen molar-refractivity contribution >= 4 is 0 Å². The molecule has 2 heteroatoms. The van der Waals surface area contributed by atoms with Gasteiger partial charge in [-0.05, 0) is 54.0 Å². The highest BCUT2D eigenvalue weighted by Gasteiger charge is 2.48. The van der Waals surface area contributed by atoms with Crippen LogP contribution in [-0.4, -0.2) is 29.1 Å². The number of phenols is 1. The SMILES string of the molecule is C=CCN1CC[C@@]2(C)c3cc(O)ccc3CC1[C@@H]2C. The third kappa shape index (κ3) is 1.81. The zero-order chi connectivity index (χ0) is 13.6. The third-order valence-electron chi connectivity index (χ3n) is 5.47. The molecule has 2 bridgehead atoms. The van der Waals surface area contributed by atoms with Crippen molar-refractivity contribution in [2.75, 3.05) is 13.1 Å². The summed E-state index contributed by atoms with van der Waals surface area (Å²) in [4.78, 5) is 2.56. The number of aromatic hydroxyl groups is 1. The summed E-state index contributed by atoms with van der Waals surface area (Å²) in [6.07, 6.45) is 4.27. The smallest absolute Gasteiger partial charge is 0.115 e. The minimum absolute atomic E-state index is 0.203. The van der Waals surface area contributed by atoms with Crippen molar-refractivity contribution in [3.8, 4) is 5.75 Å². The topological polar surface area (TPSA) is 23.5 Å². The number of rotatable bonds is 2. The Morgan fingerprint density at radius 1 is 1.53 bits per heavy atom. The Bertz CT molecular complexity index is 510. The molecule has 1 aromatic rings. The maximum absolute atomic E-state index is 9.80. The van der Waals surface area contributed by atoms with Crippen LogP contribution in [0.1, 0.15) is 31.4 Å². The van der Waals surface area contributed by atoms with Crippen LogP contribution in [0.4, 0.5) is 0 Å². The molecule has 1 aromatic carbocycles. The van der Waals surface area contributed by atoms with E-state index in [1.54, 1.807) is 0 Å². The highest BCUT2D eigenvalue weighted by Crippen LogP contribution is 2.49. The number of likely N-dealkylation sites (tertiary alicyclic amines) is 1. The first-order chi connectivity index (χ1) is 9.06. The molecule has 1 heterocycles. The summed E-state index contributed by atoms with van der Waals surface area (Å²) in [5.74, 6) is 1.02. The molecule has 3 atom stereocenters. The van der Waals surface area contributed by atoms with Gasteiger partial charge in [0.05, 0.1) is 0 Å². The molecule has 0 aromatic heterocycles. The van der Waals surface area contributed by atoms with Crippen LogP contribution in [0.15, 0.2) is 30.9 Å². The molecule has 0 spiro atoms. The van der Waals surface area contributed by atoms with Gasteiger partial charge in [-0.15, -0.1) is 6.58 Å². The minimum Gasteiger partial charge on any atom is -0.508 e. The molecule has 1 saturated heterocycles. The van der Waals surface area contributed by atoms with Gasteiger partial charge in [-0.25, -0.2) is 0 Å². The van der Waals surface area contributed by atoms with Crippen molar-refractivity contribution in [3.05, 3.63) is 42.0 Å². The van der Waals surface area contributed by atoms with Crippen molar-refractivity contribution in [1.29, 1.82) is 0 Å². The van der Waals surface area contributed by atoms with Crippen molar-refractivity contribution in [3.63, 3.8) is 0 Å². The first kappa shape index (κ1) is 12.7. The van der Waals surface area contributed by atoms with E-state index in [1.807, 2.05) is 18.2 Å². The monoisotopic (exact) mass is 257 g/mol. The predicted octanol–water partition coefficient (Wildman–Crippen LogP) is 3.10. The molecule has 102 valence electrons. The van der Waals surface area contributed by atoms with Gasteiger partial charge >= 0.3 is 0 Å². The second kappa shape index (κ2) is 4.38. The summed E-state index contributed by atoms with van der Waals surface area (Å²) in [6, 6.07) is 6.53. The van der Waals surface area contributed by atoms with Crippen LogP contribution >= 0.6 is 0 Å². The van der Waals surface area contributed by atoms with Gasteiger partial charge in [0.25, 0.3) is 0 Å². The Balaban J connectivity index is 2.06. The number of hydrogen-bond acceptors (Lipinski definition) is 2. The molecule has 1 aliphatic heterocycles. The van der Waals surface area contributed by atoms with Gasteiger partial charge in [0, 0.05) is 12.6 Å². The van der Waals surface area contributed by atoms with Crippen LogP contribution in [0, 0.1) is 5.92 Å². The zero-order valence-corrected chi connectivity index (χ0v) is 11.9. The van der Waals surface area contributed by atoms with Crippen LogP contribution < -0.4 is 0 Å². The molecule has 1 N–H and O–H groups in total. The fraction of sp³-hybridized carbons (Fsp3) is 0.529. The Kier molecular flexibility index (Phi) is 2.94. The molecule has 1 unspecified atom stereocenters. The molecule has 0 radical (unpaired) electrons. The fourth-order valence-corrected chi connectivity index (χ4v) is 4.09. The van der Waals surface area contributed by atoms with Gasteiger partial charge < -0.3 is 5.11 Å². The summed E-state index contributed by atoms with van der Waals surface area (Å²) in [7, 11) is 0. The number of fused-ring (bicyclic) bond motifs is 4. The lowest BCUT2D eigenvalue weighted by atomic mass is 9.59. The number of piperidine rings is 1. The van der Waals surface area contributed by atoms with Crippen LogP contribution in [-0.2, 0) is 11.8 Å². The lowest BCUT2D eigenvalue weighted by Gasteiger charge is -2.54. The van der Waals surface area contributed by atoms with E-state index >= 15 is 0 Å².